The van der Waals surface area contributed by atoms with E-state index in [2.05, 4.69) is 12.1 Å². The van der Waals surface area contributed by atoms with Gasteiger partial charge in [-0.15, -0.1) is 0 Å². The fourth-order valence-electron chi connectivity index (χ4n) is 7.72. The first-order chi connectivity index (χ1) is 25.9. The first-order valence-electron chi connectivity index (χ1n) is 18.5. The Kier molecular flexibility index (Phi) is 10.4. The molecule has 0 radical (unpaired) electrons. The largest absolute Gasteiger partial charge is 0.494 e. The Balaban J connectivity index is 1.22. The second-order valence-corrected chi connectivity index (χ2v) is 14.6. The van der Waals surface area contributed by atoms with Gasteiger partial charge < -0.3 is 33.5 Å². The summed E-state index contributed by atoms with van der Waals surface area (Å²) in [7, 11) is 0. The molecule has 0 spiro atoms. The molecule has 1 N–H and O–H groups in total. The molecule has 2 bridgehead atoms. The smallest absolute Gasteiger partial charge is 0.225 e. The van der Waals surface area contributed by atoms with Crippen molar-refractivity contribution >= 4 is 11.6 Å². The standard InChI is InChI=1S/C45H45ClO7/c1-2-48-38-21-18-32(19-22-38)26-36-27-37(20-23-39(36)46)45-42(51-30-35-16-10-5-11-17-35)40(49-28-33-12-6-3-7-13-33)41(50-29-34-14-8-4-9-15-34)44(53-45,31-52-45)43(47)24-25-43/h3-23,27,40-42,47H,2,24-26,28-31H2,1H3/t40-,41-,42+,44-,45-/m0/s1. The first kappa shape index (κ1) is 36.0. The monoisotopic (exact) mass is 732 g/mol. The van der Waals surface area contributed by atoms with Gasteiger partial charge in [0.1, 0.15) is 24.1 Å². The van der Waals surface area contributed by atoms with Crippen molar-refractivity contribution in [3.05, 3.63) is 172 Å². The summed E-state index contributed by atoms with van der Waals surface area (Å²) >= 11 is 6.90. The second kappa shape index (κ2) is 15.4. The summed E-state index contributed by atoms with van der Waals surface area (Å²) in [6.45, 7) is 3.54. The van der Waals surface area contributed by atoms with Crippen LogP contribution >= 0.6 is 11.6 Å². The maximum absolute atomic E-state index is 12.2. The van der Waals surface area contributed by atoms with Gasteiger partial charge in [-0.3, -0.25) is 0 Å². The predicted molar refractivity (Wildman–Crippen MR) is 203 cm³/mol. The maximum Gasteiger partial charge on any atom is 0.225 e. The van der Waals surface area contributed by atoms with Crippen molar-refractivity contribution in [2.24, 2.45) is 0 Å². The summed E-state index contributed by atoms with van der Waals surface area (Å²) in [4.78, 5) is 0. The molecular formula is C45H45ClO7. The lowest BCUT2D eigenvalue weighted by Gasteiger charge is -2.52. The molecule has 2 saturated heterocycles. The van der Waals surface area contributed by atoms with Gasteiger partial charge in [0.2, 0.25) is 5.79 Å². The van der Waals surface area contributed by atoms with Crippen LogP contribution in [0.25, 0.3) is 0 Å². The SMILES string of the molecule is CCOc1ccc(Cc2cc([C@]34OC[C@](C5(O)CC5)(O3)[C@@H](OCc3ccccc3)[C@H](OCc3ccccc3)[C@H]4OCc3ccccc3)ccc2Cl)cc1. The van der Waals surface area contributed by atoms with Crippen molar-refractivity contribution in [3.63, 3.8) is 0 Å². The fraction of sp³-hybridized carbons (Fsp3) is 0.333. The average Bonchev–Trinajstić information content (AvgIpc) is 3.86. The quantitative estimate of drug-likeness (QED) is 0.116. The summed E-state index contributed by atoms with van der Waals surface area (Å²) in [5, 5.41) is 12.8. The zero-order valence-electron chi connectivity index (χ0n) is 29.9. The van der Waals surface area contributed by atoms with E-state index in [0.717, 1.165) is 39.1 Å². The van der Waals surface area contributed by atoms with Crippen molar-refractivity contribution < 1.29 is 33.5 Å². The highest BCUT2D eigenvalue weighted by molar-refractivity contribution is 6.31. The van der Waals surface area contributed by atoms with Crippen molar-refractivity contribution in [1.82, 2.24) is 0 Å². The minimum atomic E-state index is -1.45. The van der Waals surface area contributed by atoms with E-state index >= 15 is 0 Å². The van der Waals surface area contributed by atoms with Crippen LogP contribution in [0.1, 0.15) is 53.1 Å². The van der Waals surface area contributed by atoms with Gasteiger partial charge in [-0.05, 0) is 78.3 Å². The van der Waals surface area contributed by atoms with Gasteiger partial charge in [0.25, 0.3) is 0 Å². The van der Waals surface area contributed by atoms with Crippen LogP contribution in [-0.2, 0) is 55.7 Å². The summed E-state index contributed by atoms with van der Waals surface area (Å²) in [6, 6.07) is 44.0. The number of aliphatic hydroxyl groups is 1. The van der Waals surface area contributed by atoms with Crippen LogP contribution in [-0.4, -0.2) is 47.8 Å². The molecule has 5 aromatic carbocycles. The van der Waals surface area contributed by atoms with Crippen LogP contribution in [0.15, 0.2) is 133 Å². The third kappa shape index (κ3) is 7.28. The maximum atomic E-state index is 12.2. The lowest BCUT2D eigenvalue weighted by atomic mass is 9.78. The number of fused-ring (bicyclic) bond motifs is 2. The Morgan fingerprint density at radius 1 is 0.679 bits per heavy atom. The van der Waals surface area contributed by atoms with E-state index in [1.807, 2.05) is 128 Å². The molecule has 7 nitrogen and oxygen atoms in total. The van der Waals surface area contributed by atoms with E-state index in [1.165, 1.54) is 0 Å². The minimum Gasteiger partial charge on any atom is -0.494 e. The van der Waals surface area contributed by atoms with E-state index < -0.39 is 35.3 Å². The molecule has 5 atom stereocenters. The first-order valence-corrected chi connectivity index (χ1v) is 18.8. The minimum absolute atomic E-state index is 0.0935. The zero-order chi connectivity index (χ0) is 36.3. The van der Waals surface area contributed by atoms with Crippen LogP contribution in [0.2, 0.25) is 5.02 Å². The Morgan fingerprint density at radius 2 is 1.25 bits per heavy atom. The number of hydrogen-bond donors (Lipinski definition) is 1. The number of hydrogen-bond acceptors (Lipinski definition) is 7. The van der Waals surface area contributed by atoms with E-state index in [0.29, 0.717) is 44.1 Å². The van der Waals surface area contributed by atoms with Crippen LogP contribution in [0.4, 0.5) is 0 Å². The molecule has 5 aromatic rings. The molecule has 8 rings (SSSR count). The zero-order valence-corrected chi connectivity index (χ0v) is 30.6. The van der Waals surface area contributed by atoms with Crippen LogP contribution < -0.4 is 4.74 Å². The lowest BCUT2D eigenvalue weighted by Crippen LogP contribution is -2.70. The number of halogens is 1. The molecule has 1 saturated carbocycles. The van der Waals surface area contributed by atoms with Gasteiger partial charge in [0, 0.05) is 10.6 Å². The van der Waals surface area contributed by atoms with Gasteiger partial charge in [-0.1, -0.05) is 121 Å². The topological polar surface area (TPSA) is 75.6 Å². The Bertz CT molecular complexity index is 1950. The molecule has 2 aliphatic heterocycles. The highest BCUT2D eigenvalue weighted by atomic mass is 35.5. The summed E-state index contributed by atoms with van der Waals surface area (Å²) in [6.07, 6.45) is -0.537. The predicted octanol–water partition coefficient (Wildman–Crippen LogP) is 8.56. The van der Waals surface area contributed by atoms with E-state index in [1.54, 1.807) is 0 Å². The summed E-state index contributed by atoms with van der Waals surface area (Å²) in [5.74, 6) is -0.623. The molecule has 2 heterocycles. The van der Waals surface area contributed by atoms with Crippen molar-refractivity contribution in [1.29, 1.82) is 0 Å². The molecule has 0 amide bonds. The molecule has 3 aliphatic rings. The molecule has 53 heavy (non-hydrogen) atoms. The van der Waals surface area contributed by atoms with Gasteiger partial charge >= 0.3 is 0 Å². The molecule has 8 heteroatoms. The molecular weight excluding hydrogens is 688 g/mol. The molecule has 1 aliphatic carbocycles. The Morgan fingerprint density at radius 3 is 1.81 bits per heavy atom. The summed E-state index contributed by atoms with van der Waals surface area (Å²) < 4.78 is 40.7. The Labute approximate surface area is 316 Å². The molecule has 0 unspecified atom stereocenters. The second-order valence-electron chi connectivity index (χ2n) is 14.2. The van der Waals surface area contributed by atoms with Crippen molar-refractivity contribution in [2.45, 2.75) is 81.3 Å². The number of rotatable bonds is 15. The van der Waals surface area contributed by atoms with Crippen LogP contribution in [0, 0.1) is 0 Å². The van der Waals surface area contributed by atoms with E-state index in [4.69, 9.17) is 40.0 Å². The number of ether oxygens (including phenoxy) is 6. The third-order valence-corrected chi connectivity index (χ3v) is 11.1. The molecule has 3 fully saturated rings. The van der Waals surface area contributed by atoms with Gasteiger partial charge in [0.15, 0.2) is 5.60 Å². The van der Waals surface area contributed by atoms with Gasteiger partial charge in [0.05, 0.1) is 38.6 Å². The number of benzene rings is 5. The summed E-state index contributed by atoms with van der Waals surface area (Å²) in [5.41, 5.74) is 3.32. The lowest BCUT2D eigenvalue weighted by molar-refractivity contribution is -0.363. The fourth-order valence-corrected chi connectivity index (χ4v) is 7.90. The van der Waals surface area contributed by atoms with Gasteiger partial charge in [-0.2, -0.15) is 0 Å². The highest BCUT2D eigenvalue weighted by Crippen LogP contribution is 2.61. The average molecular weight is 733 g/mol. The highest BCUT2D eigenvalue weighted by Gasteiger charge is 2.77. The van der Waals surface area contributed by atoms with E-state index in [9.17, 15) is 5.11 Å². The van der Waals surface area contributed by atoms with Crippen molar-refractivity contribution in [3.8, 4) is 5.75 Å². The third-order valence-electron chi connectivity index (χ3n) is 10.7. The molecule has 0 aromatic heterocycles. The Hall–Kier alpha value is -4.05. The van der Waals surface area contributed by atoms with E-state index in [-0.39, 0.29) is 13.2 Å². The van der Waals surface area contributed by atoms with Crippen LogP contribution in [0.3, 0.4) is 0 Å². The molecule has 274 valence electrons. The van der Waals surface area contributed by atoms with Gasteiger partial charge in [-0.25, -0.2) is 0 Å². The normalized spacial score (nSPS) is 25.6. The van der Waals surface area contributed by atoms with Crippen LogP contribution in [0.5, 0.6) is 5.75 Å². The van der Waals surface area contributed by atoms with Crippen molar-refractivity contribution in [2.75, 3.05) is 13.2 Å².